The van der Waals surface area contributed by atoms with Gasteiger partial charge in [-0.2, -0.15) is 0 Å². The van der Waals surface area contributed by atoms with Crippen LogP contribution in [0.5, 0.6) is 11.5 Å². The maximum atomic E-state index is 12.8. The lowest BCUT2D eigenvalue weighted by Gasteiger charge is -2.34. The molecule has 2 amide bonds. The molecule has 0 aromatic heterocycles. The van der Waals surface area contributed by atoms with E-state index in [9.17, 15) is 9.59 Å². The Kier molecular flexibility index (Phi) is 4.74. The van der Waals surface area contributed by atoms with E-state index in [-0.39, 0.29) is 23.7 Å². The molecule has 27 heavy (non-hydrogen) atoms. The SMILES string of the molecule is CC(C)(NC(=O)C1CCN(C(=O)C2CC2)CC1)c1ccc2c(c1)OCCO2. The van der Waals surface area contributed by atoms with Gasteiger partial charge in [0.2, 0.25) is 11.8 Å². The summed E-state index contributed by atoms with van der Waals surface area (Å²) in [5.41, 5.74) is 0.481. The number of nitrogens with zero attached hydrogens (tertiary/aromatic N) is 1. The number of carbonyl (C=O) groups excluding carboxylic acids is 2. The third-order valence-corrected chi connectivity index (χ3v) is 5.80. The van der Waals surface area contributed by atoms with E-state index in [1.165, 1.54) is 0 Å². The molecule has 0 radical (unpaired) electrons. The number of ether oxygens (including phenoxy) is 2. The number of likely N-dealkylation sites (tertiary alicyclic amines) is 1. The van der Waals surface area contributed by atoms with Crippen molar-refractivity contribution in [2.45, 2.75) is 45.1 Å². The molecular formula is C21H28N2O4. The Labute approximate surface area is 160 Å². The summed E-state index contributed by atoms with van der Waals surface area (Å²) in [6, 6.07) is 5.83. The van der Waals surface area contributed by atoms with Gasteiger partial charge in [-0.05, 0) is 57.2 Å². The number of piperidine rings is 1. The fraction of sp³-hybridized carbons (Fsp3) is 0.619. The minimum Gasteiger partial charge on any atom is -0.486 e. The molecule has 6 nitrogen and oxygen atoms in total. The van der Waals surface area contributed by atoms with Crippen LogP contribution >= 0.6 is 0 Å². The fourth-order valence-electron chi connectivity index (χ4n) is 3.86. The van der Waals surface area contributed by atoms with Gasteiger partial charge in [0.05, 0.1) is 5.54 Å². The summed E-state index contributed by atoms with van der Waals surface area (Å²) in [5.74, 6) is 2.04. The minimum absolute atomic E-state index is 0.0373. The number of nitrogens with one attached hydrogen (secondary N) is 1. The largest absolute Gasteiger partial charge is 0.486 e. The standard InChI is InChI=1S/C21H28N2O4/c1-21(2,16-5-6-17-18(13-16)27-12-11-26-17)22-19(24)14-7-9-23(10-8-14)20(25)15-3-4-15/h5-6,13-15H,3-4,7-12H2,1-2H3,(H,22,24). The first-order valence-corrected chi connectivity index (χ1v) is 9.95. The molecule has 0 spiro atoms. The van der Waals surface area contributed by atoms with Crippen molar-refractivity contribution in [1.29, 1.82) is 0 Å². The molecule has 1 saturated carbocycles. The highest BCUT2D eigenvalue weighted by Gasteiger charge is 2.37. The molecule has 1 aliphatic carbocycles. The van der Waals surface area contributed by atoms with Crippen LogP contribution in [-0.4, -0.2) is 43.0 Å². The van der Waals surface area contributed by atoms with E-state index in [2.05, 4.69) is 5.32 Å². The molecule has 0 unspecified atom stereocenters. The maximum Gasteiger partial charge on any atom is 0.225 e. The zero-order valence-electron chi connectivity index (χ0n) is 16.1. The summed E-state index contributed by atoms with van der Waals surface area (Å²) in [6.07, 6.45) is 3.54. The molecule has 1 saturated heterocycles. The van der Waals surface area contributed by atoms with Gasteiger partial charge in [0.1, 0.15) is 13.2 Å². The highest BCUT2D eigenvalue weighted by Crippen LogP contribution is 2.35. The zero-order chi connectivity index (χ0) is 19.0. The van der Waals surface area contributed by atoms with Gasteiger partial charge in [-0.25, -0.2) is 0 Å². The Morgan fingerprint density at radius 3 is 2.33 bits per heavy atom. The van der Waals surface area contributed by atoms with Crippen molar-refractivity contribution in [3.63, 3.8) is 0 Å². The van der Waals surface area contributed by atoms with Crippen LogP contribution in [0.2, 0.25) is 0 Å². The van der Waals surface area contributed by atoms with Crippen LogP contribution in [-0.2, 0) is 15.1 Å². The average molecular weight is 372 g/mol. The number of fused-ring (bicyclic) bond motifs is 1. The minimum atomic E-state index is -0.506. The molecular weight excluding hydrogens is 344 g/mol. The second kappa shape index (κ2) is 7.06. The summed E-state index contributed by atoms with van der Waals surface area (Å²) in [5, 5.41) is 3.19. The summed E-state index contributed by atoms with van der Waals surface area (Å²) < 4.78 is 11.2. The molecule has 1 aromatic rings. The molecule has 0 atom stereocenters. The molecule has 1 N–H and O–H groups in total. The molecule has 2 aliphatic heterocycles. The van der Waals surface area contributed by atoms with Crippen molar-refractivity contribution in [1.82, 2.24) is 10.2 Å². The predicted molar refractivity (Wildman–Crippen MR) is 101 cm³/mol. The monoisotopic (exact) mass is 372 g/mol. The Morgan fingerprint density at radius 1 is 1.00 bits per heavy atom. The van der Waals surface area contributed by atoms with Crippen molar-refractivity contribution in [2.75, 3.05) is 26.3 Å². The lowest BCUT2D eigenvalue weighted by atomic mass is 9.90. The third kappa shape index (κ3) is 3.89. The van der Waals surface area contributed by atoms with Gasteiger partial charge in [0.25, 0.3) is 0 Å². The van der Waals surface area contributed by atoms with E-state index in [0.717, 1.165) is 42.7 Å². The Balaban J connectivity index is 1.36. The van der Waals surface area contributed by atoms with Crippen molar-refractivity contribution in [3.8, 4) is 11.5 Å². The fourth-order valence-corrected chi connectivity index (χ4v) is 3.86. The lowest BCUT2D eigenvalue weighted by molar-refractivity contribution is -0.137. The van der Waals surface area contributed by atoms with E-state index < -0.39 is 5.54 Å². The summed E-state index contributed by atoms with van der Waals surface area (Å²) >= 11 is 0. The predicted octanol–water partition coefficient (Wildman–Crippen LogP) is 2.46. The van der Waals surface area contributed by atoms with Crippen molar-refractivity contribution < 1.29 is 19.1 Å². The number of benzene rings is 1. The molecule has 2 heterocycles. The maximum absolute atomic E-state index is 12.8. The van der Waals surface area contributed by atoms with Crippen LogP contribution in [0, 0.1) is 11.8 Å². The molecule has 6 heteroatoms. The van der Waals surface area contributed by atoms with Gasteiger partial charge in [0, 0.05) is 24.9 Å². The van der Waals surface area contributed by atoms with Crippen LogP contribution in [0.1, 0.15) is 45.1 Å². The molecule has 146 valence electrons. The number of hydrogen-bond acceptors (Lipinski definition) is 4. The smallest absolute Gasteiger partial charge is 0.225 e. The molecule has 2 fully saturated rings. The van der Waals surface area contributed by atoms with Crippen LogP contribution in [0.4, 0.5) is 0 Å². The van der Waals surface area contributed by atoms with Crippen LogP contribution in [0.3, 0.4) is 0 Å². The van der Waals surface area contributed by atoms with Crippen LogP contribution < -0.4 is 14.8 Å². The second-order valence-electron chi connectivity index (χ2n) is 8.35. The highest BCUT2D eigenvalue weighted by atomic mass is 16.6. The van der Waals surface area contributed by atoms with Gasteiger partial charge in [0.15, 0.2) is 11.5 Å². The normalized spacial score (nSPS) is 20.3. The van der Waals surface area contributed by atoms with Crippen molar-refractivity contribution >= 4 is 11.8 Å². The average Bonchev–Trinajstić information content (AvgIpc) is 3.52. The molecule has 1 aromatic carbocycles. The topological polar surface area (TPSA) is 67.9 Å². The molecule has 0 bridgehead atoms. The van der Waals surface area contributed by atoms with Gasteiger partial charge in [-0.15, -0.1) is 0 Å². The van der Waals surface area contributed by atoms with Crippen LogP contribution in [0.15, 0.2) is 18.2 Å². The van der Waals surface area contributed by atoms with Gasteiger partial charge >= 0.3 is 0 Å². The van der Waals surface area contributed by atoms with Crippen LogP contribution in [0.25, 0.3) is 0 Å². The second-order valence-corrected chi connectivity index (χ2v) is 8.35. The highest BCUT2D eigenvalue weighted by molar-refractivity contribution is 5.82. The molecule has 4 rings (SSSR count). The molecule has 3 aliphatic rings. The Morgan fingerprint density at radius 2 is 1.67 bits per heavy atom. The van der Waals surface area contributed by atoms with Gasteiger partial charge in [-0.3, -0.25) is 9.59 Å². The van der Waals surface area contributed by atoms with E-state index >= 15 is 0 Å². The number of hydrogen-bond donors (Lipinski definition) is 1. The van der Waals surface area contributed by atoms with Gasteiger partial charge < -0.3 is 19.7 Å². The summed E-state index contributed by atoms with van der Waals surface area (Å²) in [7, 11) is 0. The third-order valence-electron chi connectivity index (χ3n) is 5.80. The Bertz CT molecular complexity index is 734. The Hall–Kier alpha value is -2.24. The number of carbonyl (C=O) groups is 2. The zero-order valence-corrected chi connectivity index (χ0v) is 16.1. The first-order chi connectivity index (χ1) is 12.9. The lowest BCUT2D eigenvalue weighted by Crippen LogP contribution is -2.48. The quantitative estimate of drug-likeness (QED) is 0.882. The number of amides is 2. The van der Waals surface area contributed by atoms with E-state index in [1.54, 1.807) is 0 Å². The van der Waals surface area contributed by atoms with Crippen molar-refractivity contribution in [2.24, 2.45) is 11.8 Å². The van der Waals surface area contributed by atoms with E-state index in [4.69, 9.17) is 9.47 Å². The summed E-state index contributed by atoms with van der Waals surface area (Å²) in [6.45, 7) is 6.50. The van der Waals surface area contributed by atoms with Gasteiger partial charge in [-0.1, -0.05) is 6.07 Å². The summed E-state index contributed by atoms with van der Waals surface area (Å²) in [4.78, 5) is 26.9. The first-order valence-electron chi connectivity index (χ1n) is 9.95. The van der Waals surface area contributed by atoms with E-state index in [1.807, 2.05) is 36.9 Å². The number of rotatable bonds is 4. The first kappa shape index (κ1) is 18.1. The van der Waals surface area contributed by atoms with Crippen molar-refractivity contribution in [3.05, 3.63) is 23.8 Å². The van der Waals surface area contributed by atoms with E-state index in [0.29, 0.717) is 26.3 Å².